The first-order chi connectivity index (χ1) is 15.3. The van der Waals surface area contributed by atoms with Gasteiger partial charge in [0.15, 0.2) is 0 Å². The molecule has 32 heavy (non-hydrogen) atoms. The van der Waals surface area contributed by atoms with Crippen molar-refractivity contribution in [3.05, 3.63) is 95.3 Å². The lowest BCUT2D eigenvalue weighted by atomic mass is 9.84. The van der Waals surface area contributed by atoms with E-state index in [1.165, 1.54) is 24.3 Å². The number of aliphatic imine (C=N–C) groups is 1. The molecule has 1 aromatic heterocycles. The SMILES string of the molecule is C[C@@]1(c2cc(NC(=O)c3ccc(F)cn3)ccc2F)C[C@@H](c2ccccc2)OCC(N)=N1. The van der Waals surface area contributed by atoms with E-state index in [0.717, 1.165) is 17.8 Å². The minimum Gasteiger partial charge on any atom is -0.386 e. The lowest BCUT2D eigenvalue weighted by Gasteiger charge is -2.29. The number of anilines is 1. The fourth-order valence-corrected chi connectivity index (χ4v) is 3.77. The largest absolute Gasteiger partial charge is 0.386 e. The Kier molecular flexibility index (Phi) is 5.96. The van der Waals surface area contributed by atoms with Gasteiger partial charge in [-0.05, 0) is 42.8 Å². The smallest absolute Gasteiger partial charge is 0.274 e. The number of rotatable bonds is 4. The molecular formula is C24H22F2N4O2. The van der Waals surface area contributed by atoms with Crippen LogP contribution in [0.2, 0.25) is 0 Å². The zero-order chi connectivity index (χ0) is 22.7. The summed E-state index contributed by atoms with van der Waals surface area (Å²) in [7, 11) is 0. The topological polar surface area (TPSA) is 89.6 Å². The van der Waals surface area contributed by atoms with E-state index in [-0.39, 0.29) is 29.8 Å². The molecule has 0 saturated heterocycles. The van der Waals surface area contributed by atoms with Gasteiger partial charge in [0, 0.05) is 17.7 Å². The van der Waals surface area contributed by atoms with Crippen LogP contribution in [0.15, 0.2) is 71.9 Å². The molecule has 2 heterocycles. The Hall–Kier alpha value is -3.65. The highest BCUT2D eigenvalue weighted by molar-refractivity contribution is 6.02. The van der Waals surface area contributed by atoms with Crippen LogP contribution in [-0.2, 0) is 10.3 Å². The van der Waals surface area contributed by atoms with Crippen LogP contribution >= 0.6 is 0 Å². The molecule has 0 fully saturated rings. The molecule has 6 nitrogen and oxygen atoms in total. The van der Waals surface area contributed by atoms with Gasteiger partial charge >= 0.3 is 0 Å². The van der Waals surface area contributed by atoms with Gasteiger partial charge in [-0.3, -0.25) is 9.79 Å². The van der Waals surface area contributed by atoms with Gasteiger partial charge in [-0.25, -0.2) is 13.8 Å². The average molecular weight is 436 g/mol. The Labute approximate surface area is 184 Å². The molecule has 2 aromatic carbocycles. The molecule has 0 aliphatic carbocycles. The summed E-state index contributed by atoms with van der Waals surface area (Å²) >= 11 is 0. The van der Waals surface area contributed by atoms with Crippen molar-refractivity contribution in [2.45, 2.75) is 25.0 Å². The van der Waals surface area contributed by atoms with Gasteiger partial charge < -0.3 is 15.8 Å². The monoisotopic (exact) mass is 436 g/mol. The molecule has 4 rings (SSSR count). The van der Waals surface area contributed by atoms with Crippen molar-refractivity contribution in [1.29, 1.82) is 0 Å². The molecule has 1 aliphatic heterocycles. The van der Waals surface area contributed by atoms with Crippen LogP contribution in [0.3, 0.4) is 0 Å². The van der Waals surface area contributed by atoms with Crippen LogP contribution in [0.1, 0.15) is 41.1 Å². The quantitative estimate of drug-likeness (QED) is 0.637. The van der Waals surface area contributed by atoms with E-state index in [4.69, 9.17) is 10.5 Å². The first-order valence-electron chi connectivity index (χ1n) is 10.1. The normalized spacial score (nSPS) is 20.8. The summed E-state index contributed by atoms with van der Waals surface area (Å²) < 4.78 is 34.0. The number of halogens is 2. The van der Waals surface area contributed by atoms with Gasteiger partial charge in [-0.15, -0.1) is 0 Å². The highest BCUT2D eigenvalue weighted by Gasteiger charge is 2.36. The lowest BCUT2D eigenvalue weighted by Crippen LogP contribution is -2.26. The maximum atomic E-state index is 15.0. The third-order valence-corrected chi connectivity index (χ3v) is 5.34. The van der Waals surface area contributed by atoms with Gasteiger partial charge in [0.2, 0.25) is 0 Å². The second-order valence-electron chi connectivity index (χ2n) is 7.80. The number of pyridine rings is 1. The number of amides is 1. The minimum absolute atomic E-state index is 0.0396. The summed E-state index contributed by atoms with van der Waals surface area (Å²) in [6.45, 7) is 1.92. The molecule has 0 saturated carbocycles. The van der Waals surface area contributed by atoms with Crippen molar-refractivity contribution < 1.29 is 18.3 Å². The number of nitrogens with one attached hydrogen (secondary N) is 1. The minimum atomic E-state index is -1.03. The molecular weight excluding hydrogens is 414 g/mol. The standard InChI is InChI=1S/C24H22F2N4O2/c1-24(12-21(32-14-22(27)30-24)15-5-3-2-4-6-15)18-11-17(8-9-19(18)26)29-23(31)20-10-7-16(25)13-28-20/h2-11,13,21H,12,14H2,1H3,(H2,27,30)(H,29,31)/t21-,24-/m0/s1. The Bertz CT molecular complexity index is 1150. The Morgan fingerprint density at radius 1 is 1.16 bits per heavy atom. The summed E-state index contributed by atoms with van der Waals surface area (Å²) in [5.41, 5.74) is 6.62. The Morgan fingerprint density at radius 3 is 2.66 bits per heavy atom. The number of carbonyl (C=O) groups is 1. The van der Waals surface area contributed by atoms with Crippen molar-refractivity contribution in [1.82, 2.24) is 4.98 Å². The number of nitrogens with zero attached hydrogens (tertiary/aromatic N) is 2. The Balaban J connectivity index is 1.65. The number of nitrogens with two attached hydrogens (primary N) is 1. The molecule has 3 aromatic rings. The van der Waals surface area contributed by atoms with E-state index in [2.05, 4.69) is 15.3 Å². The number of ether oxygens (including phenoxy) is 1. The van der Waals surface area contributed by atoms with E-state index in [0.29, 0.717) is 12.1 Å². The molecule has 0 bridgehead atoms. The maximum absolute atomic E-state index is 15.0. The second kappa shape index (κ2) is 8.84. The molecule has 3 N–H and O–H groups in total. The molecule has 0 unspecified atom stereocenters. The van der Waals surface area contributed by atoms with E-state index in [1.54, 1.807) is 6.92 Å². The van der Waals surface area contributed by atoms with Gasteiger partial charge in [0.05, 0.1) is 17.8 Å². The first-order valence-corrected chi connectivity index (χ1v) is 10.1. The van der Waals surface area contributed by atoms with Crippen LogP contribution in [0.25, 0.3) is 0 Å². The van der Waals surface area contributed by atoms with Crippen molar-refractivity contribution in [3.8, 4) is 0 Å². The maximum Gasteiger partial charge on any atom is 0.274 e. The number of aromatic nitrogens is 1. The van der Waals surface area contributed by atoms with Crippen LogP contribution in [0, 0.1) is 11.6 Å². The van der Waals surface area contributed by atoms with Crippen LogP contribution in [0.5, 0.6) is 0 Å². The lowest BCUT2D eigenvalue weighted by molar-refractivity contribution is 0.0647. The summed E-state index contributed by atoms with van der Waals surface area (Å²) in [6, 6.07) is 16.3. The van der Waals surface area contributed by atoms with Gasteiger partial charge in [0.1, 0.15) is 29.8 Å². The van der Waals surface area contributed by atoms with E-state index < -0.39 is 23.1 Å². The molecule has 1 amide bonds. The zero-order valence-electron chi connectivity index (χ0n) is 17.4. The summed E-state index contributed by atoms with van der Waals surface area (Å²) in [5, 5.41) is 2.67. The molecule has 0 radical (unpaired) electrons. The van der Waals surface area contributed by atoms with Crippen molar-refractivity contribution in [2.24, 2.45) is 10.7 Å². The summed E-state index contributed by atoms with van der Waals surface area (Å²) in [5.74, 6) is -1.30. The zero-order valence-corrected chi connectivity index (χ0v) is 17.4. The van der Waals surface area contributed by atoms with Crippen molar-refractivity contribution >= 4 is 17.4 Å². The van der Waals surface area contributed by atoms with Crippen molar-refractivity contribution in [3.63, 3.8) is 0 Å². The fraction of sp³-hybridized carbons (Fsp3) is 0.208. The van der Waals surface area contributed by atoms with Crippen LogP contribution in [0.4, 0.5) is 14.5 Å². The fourth-order valence-electron chi connectivity index (χ4n) is 3.77. The Morgan fingerprint density at radius 2 is 1.94 bits per heavy atom. The predicted molar refractivity (Wildman–Crippen MR) is 117 cm³/mol. The van der Waals surface area contributed by atoms with E-state index in [9.17, 15) is 13.6 Å². The highest BCUT2D eigenvalue weighted by Crippen LogP contribution is 2.40. The molecule has 8 heteroatoms. The predicted octanol–water partition coefficient (Wildman–Crippen LogP) is 4.35. The summed E-state index contributed by atoms with van der Waals surface area (Å²) in [6.07, 6.45) is 0.969. The highest BCUT2D eigenvalue weighted by atomic mass is 19.1. The van der Waals surface area contributed by atoms with Crippen LogP contribution < -0.4 is 11.1 Å². The molecule has 164 valence electrons. The second-order valence-corrected chi connectivity index (χ2v) is 7.80. The molecule has 1 aliphatic rings. The number of benzene rings is 2. The van der Waals surface area contributed by atoms with E-state index in [1.807, 2.05) is 30.3 Å². The summed E-state index contributed by atoms with van der Waals surface area (Å²) in [4.78, 5) is 20.8. The molecule has 2 atom stereocenters. The van der Waals surface area contributed by atoms with Crippen LogP contribution in [-0.4, -0.2) is 23.3 Å². The average Bonchev–Trinajstić information content (AvgIpc) is 2.94. The van der Waals surface area contributed by atoms with Gasteiger partial charge in [-0.2, -0.15) is 0 Å². The molecule has 0 spiro atoms. The number of hydrogen-bond donors (Lipinski definition) is 2. The third kappa shape index (κ3) is 4.65. The van der Waals surface area contributed by atoms with Gasteiger partial charge in [-0.1, -0.05) is 30.3 Å². The first kappa shape index (κ1) is 21.6. The van der Waals surface area contributed by atoms with Crippen molar-refractivity contribution in [2.75, 3.05) is 11.9 Å². The number of carbonyl (C=O) groups excluding carboxylic acids is 1. The third-order valence-electron chi connectivity index (χ3n) is 5.34. The number of hydrogen-bond acceptors (Lipinski definition) is 5. The van der Waals surface area contributed by atoms with E-state index >= 15 is 0 Å². The number of amidine groups is 1. The van der Waals surface area contributed by atoms with Gasteiger partial charge in [0.25, 0.3) is 5.91 Å².